The Morgan fingerprint density at radius 1 is 1.40 bits per heavy atom. The molecule has 1 atom stereocenters. The van der Waals surface area contributed by atoms with Crippen molar-refractivity contribution in [1.29, 1.82) is 0 Å². The molecule has 3 heteroatoms. The summed E-state index contributed by atoms with van der Waals surface area (Å²) in [5.74, 6) is -0.355. The van der Waals surface area contributed by atoms with Crippen LogP contribution in [0.15, 0.2) is 30.3 Å². The molecule has 1 rings (SSSR count). The molecule has 0 N–H and O–H groups in total. The smallest absolute Gasteiger partial charge is 0.339 e. The fourth-order valence-corrected chi connectivity index (χ4v) is 1.42. The molecule has 0 fully saturated rings. The lowest BCUT2D eigenvalue weighted by molar-refractivity contribution is 0.0434. The molecule has 0 spiro atoms. The van der Waals surface area contributed by atoms with Crippen molar-refractivity contribution in [2.24, 2.45) is 0 Å². The van der Waals surface area contributed by atoms with Crippen molar-refractivity contribution < 1.29 is 9.53 Å². The molecule has 0 aromatic heterocycles. The maximum Gasteiger partial charge on any atom is 0.339 e. The second kappa shape index (κ2) is 6.46. The van der Waals surface area contributed by atoms with Gasteiger partial charge in [0, 0.05) is 0 Å². The van der Waals surface area contributed by atoms with Gasteiger partial charge in [0.25, 0.3) is 0 Å². The highest BCUT2D eigenvalue weighted by Crippen LogP contribution is 2.12. The zero-order valence-electron chi connectivity index (χ0n) is 8.78. The van der Waals surface area contributed by atoms with Crippen LogP contribution in [-0.2, 0) is 4.74 Å². The fourth-order valence-electron chi connectivity index (χ4n) is 1.18. The average Bonchev–Trinajstić information content (AvgIpc) is 2.27. The Morgan fingerprint density at radius 3 is 2.67 bits per heavy atom. The summed E-state index contributed by atoms with van der Waals surface area (Å²) in [5.41, 5.74) is 0.0253. The van der Waals surface area contributed by atoms with Gasteiger partial charge in [-0.25, -0.2) is 4.79 Å². The van der Waals surface area contributed by atoms with Crippen LogP contribution in [0.5, 0.6) is 0 Å². The standard InChI is InChI=1S/C12H15ClO2/c1-2-3-9-11(13)15-12(14)10-7-5-4-6-8-10/h4-8,11H,2-3,9H2,1H3. The number of benzene rings is 1. The van der Waals surface area contributed by atoms with E-state index >= 15 is 0 Å². The van der Waals surface area contributed by atoms with E-state index in [1.807, 2.05) is 6.07 Å². The second-order valence-electron chi connectivity index (χ2n) is 3.32. The fraction of sp³-hybridized carbons (Fsp3) is 0.417. The summed E-state index contributed by atoms with van der Waals surface area (Å²) < 4.78 is 5.06. The summed E-state index contributed by atoms with van der Waals surface area (Å²) in [4.78, 5) is 11.5. The summed E-state index contributed by atoms with van der Waals surface area (Å²) >= 11 is 5.86. The van der Waals surface area contributed by atoms with Crippen LogP contribution in [0.25, 0.3) is 0 Å². The number of unbranched alkanes of at least 4 members (excludes halogenated alkanes) is 1. The summed E-state index contributed by atoms with van der Waals surface area (Å²) in [7, 11) is 0. The van der Waals surface area contributed by atoms with Gasteiger partial charge < -0.3 is 4.74 Å². The van der Waals surface area contributed by atoms with Crippen molar-refractivity contribution in [3.8, 4) is 0 Å². The van der Waals surface area contributed by atoms with Crippen LogP contribution in [0.4, 0.5) is 0 Å². The van der Waals surface area contributed by atoms with Crippen molar-refractivity contribution in [2.75, 3.05) is 0 Å². The van der Waals surface area contributed by atoms with Gasteiger partial charge in [0.05, 0.1) is 5.56 Å². The molecular formula is C12H15ClO2. The van der Waals surface area contributed by atoms with Crippen molar-refractivity contribution in [2.45, 2.75) is 31.7 Å². The van der Waals surface area contributed by atoms with E-state index in [2.05, 4.69) is 6.92 Å². The molecule has 0 saturated carbocycles. The molecule has 0 aliphatic heterocycles. The third kappa shape index (κ3) is 4.34. The zero-order chi connectivity index (χ0) is 11.1. The van der Waals surface area contributed by atoms with Crippen LogP contribution in [0.2, 0.25) is 0 Å². The molecule has 0 aliphatic carbocycles. The normalized spacial score (nSPS) is 12.1. The van der Waals surface area contributed by atoms with Gasteiger partial charge in [-0.1, -0.05) is 43.1 Å². The zero-order valence-corrected chi connectivity index (χ0v) is 9.54. The monoisotopic (exact) mass is 226 g/mol. The Bertz CT molecular complexity index is 298. The van der Waals surface area contributed by atoms with Crippen LogP contribution in [0.1, 0.15) is 36.5 Å². The third-order valence-electron chi connectivity index (χ3n) is 2.03. The molecule has 15 heavy (non-hydrogen) atoms. The molecular weight excluding hydrogens is 212 g/mol. The molecule has 0 aliphatic rings. The number of alkyl halides is 1. The SMILES string of the molecule is CCCCC(Cl)OC(=O)c1ccccc1. The molecule has 0 saturated heterocycles. The van der Waals surface area contributed by atoms with E-state index in [0.717, 1.165) is 12.8 Å². The minimum absolute atomic E-state index is 0.355. The molecule has 1 aromatic rings. The predicted octanol–water partition coefficient (Wildman–Crippen LogP) is 3.60. The predicted molar refractivity (Wildman–Crippen MR) is 61.0 cm³/mol. The first-order valence-corrected chi connectivity index (χ1v) is 5.57. The van der Waals surface area contributed by atoms with Crippen molar-refractivity contribution in [1.82, 2.24) is 0 Å². The topological polar surface area (TPSA) is 26.3 Å². The van der Waals surface area contributed by atoms with E-state index in [4.69, 9.17) is 16.3 Å². The maximum absolute atomic E-state index is 11.5. The minimum atomic E-state index is -0.516. The molecule has 0 radical (unpaired) electrons. The Hall–Kier alpha value is -1.02. The van der Waals surface area contributed by atoms with Gasteiger partial charge in [-0.2, -0.15) is 0 Å². The lowest BCUT2D eigenvalue weighted by atomic mass is 10.2. The molecule has 82 valence electrons. The van der Waals surface area contributed by atoms with E-state index in [1.165, 1.54) is 0 Å². The van der Waals surface area contributed by atoms with Gasteiger partial charge in [0.15, 0.2) is 5.56 Å². The number of esters is 1. The largest absolute Gasteiger partial charge is 0.442 e. The van der Waals surface area contributed by atoms with Crippen LogP contribution < -0.4 is 0 Å². The average molecular weight is 227 g/mol. The lowest BCUT2D eigenvalue weighted by Gasteiger charge is -2.10. The van der Waals surface area contributed by atoms with Crippen molar-refractivity contribution >= 4 is 17.6 Å². The highest BCUT2D eigenvalue weighted by atomic mass is 35.5. The number of carbonyl (C=O) groups is 1. The van der Waals surface area contributed by atoms with E-state index in [9.17, 15) is 4.79 Å². The Morgan fingerprint density at radius 2 is 2.07 bits per heavy atom. The minimum Gasteiger partial charge on any atom is -0.442 e. The van der Waals surface area contributed by atoms with Crippen LogP contribution in [0, 0.1) is 0 Å². The number of ether oxygens (including phenoxy) is 1. The van der Waals surface area contributed by atoms with Gasteiger partial charge in [0.2, 0.25) is 0 Å². The first-order valence-electron chi connectivity index (χ1n) is 5.14. The van der Waals surface area contributed by atoms with E-state index < -0.39 is 5.56 Å². The van der Waals surface area contributed by atoms with E-state index in [1.54, 1.807) is 24.3 Å². The summed E-state index contributed by atoms with van der Waals surface area (Å²) in [6.45, 7) is 2.07. The maximum atomic E-state index is 11.5. The van der Waals surface area contributed by atoms with Gasteiger partial charge in [-0.3, -0.25) is 0 Å². The Kier molecular flexibility index (Phi) is 5.19. The number of hydrogen-bond acceptors (Lipinski definition) is 2. The van der Waals surface area contributed by atoms with Gasteiger partial charge >= 0.3 is 5.97 Å². The summed E-state index contributed by atoms with van der Waals surface area (Å²) in [6.07, 6.45) is 2.72. The second-order valence-corrected chi connectivity index (χ2v) is 3.81. The van der Waals surface area contributed by atoms with Crippen LogP contribution >= 0.6 is 11.6 Å². The quantitative estimate of drug-likeness (QED) is 0.567. The van der Waals surface area contributed by atoms with E-state index in [-0.39, 0.29) is 5.97 Å². The number of halogens is 1. The summed E-state index contributed by atoms with van der Waals surface area (Å²) in [6, 6.07) is 8.88. The molecule has 1 unspecified atom stereocenters. The molecule has 0 amide bonds. The van der Waals surface area contributed by atoms with E-state index in [0.29, 0.717) is 12.0 Å². The first-order chi connectivity index (χ1) is 7.24. The van der Waals surface area contributed by atoms with Gasteiger partial charge in [-0.05, 0) is 25.0 Å². The highest BCUT2D eigenvalue weighted by Gasteiger charge is 2.12. The third-order valence-corrected chi connectivity index (χ3v) is 2.34. The Balaban J connectivity index is 2.42. The molecule has 1 aromatic carbocycles. The Labute approximate surface area is 95.2 Å². The molecule has 0 bridgehead atoms. The van der Waals surface area contributed by atoms with Crippen LogP contribution in [-0.4, -0.2) is 11.5 Å². The van der Waals surface area contributed by atoms with Crippen molar-refractivity contribution in [3.63, 3.8) is 0 Å². The van der Waals surface area contributed by atoms with Gasteiger partial charge in [-0.15, -0.1) is 0 Å². The van der Waals surface area contributed by atoms with Crippen LogP contribution in [0.3, 0.4) is 0 Å². The number of carbonyl (C=O) groups excluding carboxylic acids is 1. The first kappa shape index (κ1) is 12.1. The molecule has 2 nitrogen and oxygen atoms in total. The number of hydrogen-bond donors (Lipinski definition) is 0. The molecule has 0 heterocycles. The summed E-state index contributed by atoms with van der Waals surface area (Å²) in [5, 5.41) is 0. The van der Waals surface area contributed by atoms with Crippen molar-refractivity contribution in [3.05, 3.63) is 35.9 Å². The lowest BCUT2D eigenvalue weighted by Crippen LogP contribution is -2.12. The highest BCUT2D eigenvalue weighted by molar-refractivity contribution is 6.20. The van der Waals surface area contributed by atoms with Gasteiger partial charge in [0.1, 0.15) is 0 Å². The number of rotatable bonds is 5.